The Morgan fingerprint density at radius 2 is 2.11 bits per heavy atom. The molecule has 0 unspecified atom stereocenters. The van der Waals surface area contributed by atoms with Crippen LogP contribution in [0, 0.1) is 0 Å². The number of carbonyl (C=O) groups is 1. The Kier molecular flexibility index (Phi) is 4.65. The van der Waals surface area contributed by atoms with Crippen LogP contribution < -0.4 is 5.32 Å². The zero-order chi connectivity index (χ0) is 13.1. The number of amides is 1. The number of carbonyl (C=O) groups excluding carboxylic acids is 1. The number of hydrogen-bond acceptors (Lipinski definition) is 2. The Morgan fingerprint density at radius 1 is 1.44 bits per heavy atom. The maximum atomic E-state index is 12.4. The Bertz CT molecular complexity index is 445. The van der Waals surface area contributed by atoms with Crippen LogP contribution in [0.5, 0.6) is 0 Å². The topological polar surface area (TPSA) is 32.3 Å². The van der Waals surface area contributed by atoms with Gasteiger partial charge >= 0.3 is 0 Å². The van der Waals surface area contributed by atoms with Crippen molar-refractivity contribution >= 4 is 33.4 Å². The van der Waals surface area contributed by atoms with Crippen molar-refractivity contribution in [3.8, 4) is 0 Å². The fourth-order valence-corrected chi connectivity index (χ4v) is 2.79. The molecule has 0 aromatic heterocycles. The highest BCUT2D eigenvalue weighted by Gasteiger charge is 2.23. The van der Waals surface area contributed by atoms with Gasteiger partial charge < -0.3 is 10.2 Å². The molecule has 0 bridgehead atoms. The lowest BCUT2D eigenvalue weighted by Crippen LogP contribution is -2.44. The van der Waals surface area contributed by atoms with Crippen molar-refractivity contribution < 1.29 is 4.79 Å². The van der Waals surface area contributed by atoms with Crippen LogP contribution in [0.4, 0.5) is 0 Å². The molecule has 1 aromatic rings. The number of rotatable bonds is 2. The third kappa shape index (κ3) is 3.05. The molecule has 0 spiro atoms. The molecule has 0 aliphatic carbocycles. The molecule has 1 fully saturated rings. The third-order valence-corrected chi connectivity index (χ3v) is 4.28. The van der Waals surface area contributed by atoms with Crippen molar-refractivity contribution in [2.45, 2.75) is 18.9 Å². The summed E-state index contributed by atoms with van der Waals surface area (Å²) in [5, 5.41) is 3.84. The highest BCUT2D eigenvalue weighted by Crippen LogP contribution is 2.24. The summed E-state index contributed by atoms with van der Waals surface area (Å²) >= 11 is 9.35. The number of halogens is 2. The molecule has 0 radical (unpaired) electrons. The van der Waals surface area contributed by atoms with E-state index in [9.17, 15) is 4.79 Å². The van der Waals surface area contributed by atoms with Gasteiger partial charge in [-0.05, 0) is 54.0 Å². The van der Waals surface area contributed by atoms with E-state index in [0.29, 0.717) is 16.6 Å². The Labute approximate surface area is 121 Å². The van der Waals surface area contributed by atoms with E-state index in [4.69, 9.17) is 11.6 Å². The summed E-state index contributed by atoms with van der Waals surface area (Å²) in [6.07, 6.45) is 2.00. The van der Waals surface area contributed by atoms with E-state index in [1.165, 1.54) is 0 Å². The number of piperidine rings is 1. The number of benzene rings is 1. The standard InChI is InChI=1S/C13H16BrClN2O/c1-16-10-4-6-17(7-5-10)13(18)11-8-9(15)2-3-12(11)14/h2-3,8,10,16H,4-7H2,1H3. The van der Waals surface area contributed by atoms with Crippen molar-refractivity contribution in [2.75, 3.05) is 20.1 Å². The summed E-state index contributed by atoms with van der Waals surface area (Å²) in [5.41, 5.74) is 0.644. The van der Waals surface area contributed by atoms with Crippen molar-refractivity contribution in [2.24, 2.45) is 0 Å². The van der Waals surface area contributed by atoms with Gasteiger partial charge in [-0.3, -0.25) is 4.79 Å². The summed E-state index contributed by atoms with van der Waals surface area (Å²) in [6.45, 7) is 1.59. The summed E-state index contributed by atoms with van der Waals surface area (Å²) in [7, 11) is 1.97. The van der Waals surface area contributed by atoms with Gasteiger partial charge in [-0.15, -0.1) is 0 Å². The van der Waals surface area contributed by atoms with E-state index in [-0.39, 0.29) is 5.91 Å². The Morgan fingerprint density at radius 3 is 2.72 bits per heavy atom. The molecular formula is C13H16BrClN2O. The van der Waals surface area contributed by atoms with Crippen LogP contribution in [0.2, 0.25) is 5.02 Å². The molecule has 98 valence electrons. The molecule has 1 saturated heterocycles. The largest absolute Gasteiger partial charge is 0.338 e. The molecule has 1 aromatic carbocycles. The minimum absolute atomic E-state index is 0.0546. The lowest BCUT2D eigenvalue weighted by molar-refractivity contribution is 0.0706. The van der Waals surface area contributed by atoms with Crippen LogP contribution in [-0.4, -0.2) is 37.0 Å². The van der Waals surface area contributed by atoms with Gasteiger partial charge in [-0.1, -0.05) is 11.6 Å². The molecule has 0 saturated carbocycles. The zero-order valence-corrected chi connectivity index (χ0v) is 12.6. The second-order valence-electron chi connectivity index (χ2n) is 4.48. The second kappa shape index (κ2) is 6.04. The molecule has 1 aliphatic heterocycles. The molecule has 1 amide bonds. The molecule has 18 heavy (non-hydrogen) atoms. The molecule has 5 heteroatoms. The molecule has 0 atom stereocenters. The van der Waals surface area contributed by atoms with Gasteiger partial charge in [0.05, 0.1) is 5.56 Å². The lowest BCUT2D eigenvalue weighted by atomic mass is 10.0. The lowest BCUT2D eigenvalue weighted by Gasteiger charge is -2.32. The maximum absolute atomic E-state index is 12.4. The van der Waals surface area contributed by atoms with E-state index < -0.39 is 0 Å². The van der Waals surface area contributed by atoms with E-state index in [0.717, 1.165) is 30.4 Å². The highest BCUT2D eigenvalue weighted by molar-refractivity contribution is 9.10. The van der Waals surface area contributed by atoms with E-state index in [1.807, 2.05) is 18.0 Å². The minimum atomic E-state index is 0.0546. The third-order valence-electron chi connectivity index (χ3n) is 3.35. The minimum Gasteiger partial charge on any atom is -0.338 e. The summed E-state index contributed by atoms with van der Waals surface area (Å²) < 4.78 is 0.799. The molecule has 3 nitrogen and oxygen atoms in total. The maximum Gasteiger partial charge on any atom is 0.255 e. The molecule has 1 heterocycles. The van der Waals surface area contributed by atoms with Gasteiger partial charge in [0.2, 0.25) is 0 Å². The van der Waals surface area contributed by atoms with Crippen LogP contribution in [0.1, 0.15) is 23.2 Å². The predicted molar refractivity (Wildman–Crippen MR) is 77.1 cm³/mol. The number of nitrogens with zero attached hydrogens (tertiary/aromatic N) is 1. The Hall–Kier alpha value is -0.580. The van der Waals surface area contributed by atoms with Crippen LogP contribution in [0.3, 0.4) is 0 Å². The smallest absolute Gasteiger partial charge is 0.255 e. The predicted octanol–water partition coefficient (Wildman–Crippen LogP) is 2.93. The average molecular weight is 332 g/mol. The normalized spacial score (nSPS) is 16.9. The quantitative estimate of drug-likeness (QED) is 0.904. The van der Waals surface area contributed by atoms with E-state index >= 15 is 0 Å². The first-order valence-electron chi connectivity index (χ1n) is 6.03. The molecule has 1 aliphatic rings. The second-order valence-corrected chi connectivity index (χ2v) is 5.77. The SMILES string of the molecule is CNC1CCN(C(=O)c2cc(Cl)ccc2Br)CC1. The first-order valence-corrected chi connectivity index (χ1v) is 7.20. The van der Waals surface area contributed by atoms with Gasteiger partial charge in [0.1, 0.15) is 0 Å². The van der Waals surface area contributed by atoms with E-state index in [2.05, 4.69) is 21.2 Å². The van der Waals surface area contributed by atoms with Crippen molar-refractivity contribution in [1.29, 1.82) is 0 Å². The van der Waals surface area contributed by atoms with E-state index in [1.54, 1.807) is 12.1 Å². The molecular weight excluding hydrogens is 316 g/mol. The summed E-state index contributed by atoms with van der Waals surface area (Å²) in [4.78, 5) is 14.3. The van der Waals surface area contributed by atoms with Gasteiger partial charge in [0, 0.05) is 28.6 Å². The summed E-state index contributed by atoms with van der Waals surface area (Å²) in [5.74, 6) is 0.0546. The van der Waals surface area contributed by atoms with Crippen LogP contribution >= 0.6 is 27.5 Å². The fourth-order valence-electron chi connectivity index (χ4n) is 2.20. The van der Waals surface area contributed by atoms with Crippen LogP contribution in [0.15, 0.2) is 22.7 Å². The molecule has 2 rings (SSSR count). The van der Waals surface area contributed by atoms with Gasteiger partial charge in [0.15, 0.2) is 0 Å². The highest BCUT2D eigenvalue weighted by atomic mass is 79.9. The van der Waals surface area contributed by atoms with Crippen molar-refractivity contribution in [1.82, 2.24) is 10.2 Å². The van der Waals surface area contributed by atoms with Gasteiger partial charge in [0.25, 0.3) is 5.91 Å². The first-order chi connectivity index (χ1) is 8.61. The molecule has 1 N–H and O–H groups in total. The van der Waals surface area contributed by atoms with Crippen LogP contribution in [-0.2, 0) is 0 Å². The van der Waals surface area contributed by atoms with Crippen molar-refractivity contribution in [3.05, 3.63) is 33.3 Å². The Balaban J connectivity index is 2.10. The fraction of sp³-hybridized carbons (Fsp3) is 0.462. The first kappa shape index (κ1) is 13.8. The monoisotopic (exact) mass is 330 g/mol. The number of hydrogen-bond donors (Lipinski definition) is 1. The zero-order valence-electron chi connectivity index (χ0n) is 10.2. The summed E-state index contributed by atoms with van der Waals surface area (Å²) in [6, 6.07) is 5.83. The average Bonchev–Trinajstić information content (AvgIpc) is 2.41. The van der Waals surface area contributed by atoms with Crippen molar-refractivity contribution in [3.63, 3.8) is 0 Å². The van der Waals surface area contributed by atoms with Gasteiger partial charge in [-0.25, -0.2) is 0 Å². The number of likely N-dealkylation sites (tertiary alicyclic amines) is 1. The van der Waals surface area contributed by atoms with Crippen LogP contribution in [0.25, 0.3) is 0 Å². The number of nitrogens with one attached hydrogen (secondary N) is 1. The van der Waals surface area contributed by atoms with Gasteiger partial charge in [-0.2, -0.15) is 0 Å².